The minimum absolute atomic E-state index is 0.156. The predicted octanol–water partition coefficient (Wildman–Crippen LogP) is 2.50. The van der Waals surface area contributed by atoms with Crippen molar-refractivity contribution in [2.45, 2.75) is 12.7 Å². The molecule has 2 aromatic heterocycles. The number of halogens is 3. The molecular formula is C11H9F3N4. The second kappa shape index (κ2) is 4.99. The first kappa shape index (κ1) is 12.3. The molecule has 2 aromatic rings. The van der Waals surface area contributed by atoms with Crippen molar-refractivity contribution in [2.24, 2.45) is 0 Å². The van der Waals surface area contributed by atoms with E-state index in [4.69, 9.17) is 0 Å². The first-order valence-electron chi connectivity index (χ1n) is 5.09. The molecule has 0 amide bonds. The topological polar surface area (TPSA) is 50.7 Å². The lowest BCUT2D eigenvalue weighted by Gasteiger charge is -2.09. The summed E-state index contributed by atoms with van der Waals surface area (Å²) in [6.45, 7) is 0.289. The summed E-state index contributed by atoms with van der Waals surface area (Å²) in [5, 5.41) is 2.77. The summed E-state index contributed by atoms with van der Waals surface area (Å²) in [6, 6.07) is 5.37. The molecule has 0 unspecified atom stereocenters. The fourth-order valence-electron chi connectivity index (χ4n) is 1.29. The Morgan fingerprint density at radius 2 is 2.00 bits per heavy atom. The van der Waals surface area contributed by atoms with Crippen LogP contribution in [-0.2, 0) is 12.7 Å². The van der Waals surface area contributed by atoms with Gasteiger partial charge in [-0.05, 0) is 18.2 Å². The standard InChI is InChI=1S/C11H9F3N4/c12-11(13,14)9-2-1-3-10(18-9)16-6-8-4-5-15-7-17-8/h1-5,7H,6H2,(H,16,18). The number of hydrogen-bond donors (Lipinski definition) is 1. The van der Waals surface area contributed by atoms with Gasteiger partial charge in [-0.25, -0.2) is 15.0 Å². The van der Waals surface area contributed by atoms with Crippen molar-refractivity contribution in [3.8, 4) is 0 Å². The van der Waals surface area contributed by atoms with Gasteiger partial charge in [0, 0.05) is 6.20 Å². The van der Waals surface area contributed by atoms with E-state index >= 15 is 0 Å². The highest BCUT2D eigenvalue weighted by Crippen LogP contribution is 2.28. The Morgan fingerprint density at radius 1 is 1.17 bits per heavy atom. The minimum Gasteiger partial charge on any atom is -0.364 e. The Bertz CT molecular complexity index is 513. The Hall–Kier alpha value is -2.18. The van der Waals surface area contributed by atoms with Crippen molar-refractivity contribution < 1.29 is 13.2 Å². The third kappa shape index (κ3) is 3.16. The number of anilines is 1. The van der Waals surface area contributed by atoms with Crippen molar-refractivity contribution >= 4 is 5.82 Å². The SMILES string of the molecule is FC(F)(F)c1cccc(NCc2ccncn2)n1. The van der Waals surface area contributed by atoms with E-state index in [9.17, 15) is 13.2 Å². The maximum atomic E-state index is 12.4. The van der Waals surface area contributed by atoms with Crippen LogP contribution in [0.25, 0.3) is 0 Å². The molecular weight excluding hydrogens is 245 g/mol. The highest BCUT2D eigenvalue weighted by molar-refractivity contribution is 5.36. The van der Waals surface area contributed by atoms with Crippen molar-refractivity contribution in [3.05, 3.63) is 48.2 Å². The fourth-order valence-corrected chi connectivity index (χ4v) is 1.29. The van der Waals surface area contributed by atoms with Crippen LogP contribution in [0, 0.1) is 0 Å². The summed E-state index contributed by atoms with van der Waals surface area (Å²) in [7, 11) is 0. The van der Waals surface area contributed by atoms with E-state index in [1.54, 1.807) is 12.3 Å². The van der Waals surface area contributed by atoms with Gasteiger partial charge in [0.25, 0.3) is 0 Å². The first-order chi connectivity index (χ1) is 8.55. The number of nitrogens with zero attached hydrogens (tertiary/aromatic N) is 3. The van der Waals surface area contributed by atoms with E-state index in [0.717, 1.165) is 6.07 Å². The van der Waals surface area contributed by atoms with E-state index in [1.807, 2.05) is 0 Å². The monoisotopic (exact) mass is 254 g/mol. The Labute approximate surface area is 101 Å². The van der Waals surface area contributed by atoms with E-state index in [1.165, 1.54) is 18.5 Å². The largest absolute Gasteiger partial charge is 0.433 e. The summed E-state index contributed by atoms with van der Waals surface area (Å²) in [6.07, 6.45) is -1.51. The van der Waals surface area contributed by atoms with Crippen molar-refractivity contribution in [3.63, 3.8) is 0 Å². The molecule has 7 heteroatoms. The molecule has 0 aliphatic carbocycles. The quantitative estimate of drug-likeness (QED) is 0.914. The molecule has 0 spiro atoms. The average Bonchev–Trinajstić information content (AvgIpc) is 2.37. The summed E-state index contributed by atoms with van der Waals surface area (Å²) in [5.41, 5.74) is -0.251. The van der Waals surface area contributed by atoms with Crippen LogP contribution in [0.5, 0.6) is 0 Å². The molecule has 1 N–H and O–H groups in total. The van der Waals surface area contributed by atoms with E-state index in [-0.39, 0.29) is 12.4 Å². The molecule has 0 bridgehead atoms. The van der Waals surface area contributed by atoms with Gasteiger partial charge in [-0.2, -0.15) is 13.2 Å². The third-order valence-electron chi connectivity index (χ3n) is 2.13. The normalized spacial score (nSPS) is 11.3. The molecule has 0 saturated carbocycles. The highest BCUT2D eigenvalue weighted by atomic mass is 19.4. The molecule has 0 aromatic carbocycles. The van der Waals surface area contributed by atoms with Gasteiger partial charge in [-0.15, -0.1) is 0 Å². The van der Waals surface area contributed by atoms with Crippen LogP contribution < -0.4 is 5.32 Å². The molecule has 0 radical (unpaired) electrons. The molecule has 18 heavy (non-hydrogen) atoms. The smallest absolute Gasteiger partial charge is 0.364 e. The summed E-state index contributed by atoms with van der Waals surface area (Å²) in [4.78, 5) is 11.2. The molecule has 94 valence electrons. The average molecular weight is 254 g/mol. The zero-order valence-electron chi connectivity index (χ0n) is 9.15. The van der Waals surface area contributed by atoms with Crippen LogP contribution in [0.4, 0.5) is 19.0 Å². The molecule has 4 nitrogen and oxygen atoms in total. The molecule has 0 saturated heterocycles. The van der Waals surface area contributed by atoms with Gasteiger partial charge >= 0.3 is 6.18 Å². The second-order valence-corrected chi connectivity index (χ2v) is 3.46. The first-order valence-corrected chi connectivity index (χ1v) is 5.09. The van der Waals surface area contributed by atoms with Crippen molar-refractivity contribution in [2.75, 3.05) is 5.32 Å². The van der Waals surface area contributed by atoms with Gasteiger partial charge in [-0.3, -0.25) is 0 Å². The lowest BCUT2D eigenvalue weighted by atomic mass is 10.3. The van der Waals surface area contributed by atoms with E-state index in [2.05, 4.69) is 20.3 Å². The van der Waals surface area contributed by atoms with Crippen LogP contribution in [0.15, 0.2) is 36.8 Å². The van der Waals surface area contributed by atoms with E-state index < -0.39 is 11.9 Å². The molecule has 2 heterocycles. The number of alkyl halides is 3. The minimum atomic E-state index is -4.44. The molecule has 0 fully saturated rings. The predicted molar refractivity (Wildman–Crippen MR) is 58.6 cm³/mol. The zero-order valence-corrected chi connectivity index (χ0v) is 9.15. The lowest BCUT2D eigenvalue weighted by molar-refractivity contribution is -0.141. The second-order valence-electron chi connectivity index (χ2n) is 3.46. The fraction of sp³-hybridized carbons (Fsp3) is 0.182. The van der Waals surface area contributed by atoms with Crippen LogP contribution in [0.3, 0.4) is 0 Å². The number of aromatic nitrogens is 3. The maximum Gasteiger partial charge on any atom is 0.433 e. The van der Waals surface area contributed by atoms with E-state index in [0.29, 0.717) is 5.69 Å². The number of nitrogens with one attached hydrogen (secondary N) is 1. The van der Waals surface area contributed by atoms with Crippen LogP contribution in [-0.4, -0.2) is 15.0 Å². The Kier molecular flexibility index (Phi) is 3.40. The van der Waals surface area contributed by atoms with Crippen LogP contribution in [0.1, 0.15) is 11.4 Å². The summed E-state index contributed by atoms with van der Waals surface area (Å²) < 4.78 is 37.3. The lowest BCUT2D eigenvalue weighted by Crippen LogP contribution is -2.10. The maximum absolute atomic E-state index is 12.4. The summed E-state index contributed by atoms with van der Waals surface area (Å²) in [5.74, 6) is 0.156. The third-order valence-corrected chi connectivity index (χ3v) is 2.13. The van der Waals surface area contributed by atoms with Crippen molar-refractivity contribution in [1.29, 1.82) is 0 Å². The van der Waals surface area contributed by atoms with Crippen LogP contribution >= 0.6 is 0 Å². The van der Waals surface area contributed by atoms with Crippen LogP contribution in [0.2, 0.25) is 0 Å². The molecule has 0 aliphatic rings. The number of rotatable bonds is 3. The molecule has 0 aliphatic heterocycles. The number of pyridine rings is 1. The Balaban J connectivity index is 2.06. The summed E-state index contributed by atoms with van der Waals surface area (Å²) >= 11 is 0. The van der Waals surface area contributed by atoms with Gasteiger partial charge in [0.15, 0.2) is 0 Å². The van der Waals surface area contributed by atoms with Gasteiger partial charge in [0.2, 0.25) is 0 Å². The highest BCUT2D eigenvalue weighted by Gasteiger charge is 2.32. The molecule has 0 atom stereocenters. The number of hydrogen-bond acceptors (Lipinski definition) is 4. The van der Waals surface area contributed by atoms with Gasteiger partial charge in [-0.1, -0.05) is 6.07 Å². The Morgan fingerprint density at radius 3 is 2.67 bits per heavy atom. The van der Waals surface area contributed by atoms with Gasteiger partial charge in [0.05, 0.1) is 12.2 Å². The zero-order chi connectivity index (χ0) is 13.0. The molecule has 2 rings (SSSR count). The van der Waals surface area contributed by atoms with Crippen molar-refractivity contribution in [1.82, 2.24) is 15.0 Å². The van der Waals surface area contributed by atoms with Gasteiger partial charge in [0.1, 0.15) is 17.8 Å². The van der Waals surface area contributed by atoms with Gasteiger partial charge < -0.3 is 5.32 Å².